The van der Waals surface area contributed by atoms with Crippen molar-refractivity contribution in [1.29, 1.82) is 0 Å². The first kappa shape index (κ1) is 11.9. The second kappa shape index (κ2) is 5.20. The lowest BCUT2D eigenvalue weighted by Crippen LogP contribution is -2.17. The van der Waals surface area contributed by atoms with Gasteiger partial charge in [-0.05, 0) is 29.3 Å². The van der Waals surface area contributed by atoms with Gasteiger partial charge >= 0.3 is 0 Å². The van der Waals surface area contributed by atoms with Crippen molar-refractivity contribution in [3.8, 4) is 0 Å². The molecule has 0 fully saturated rings. The van der Waals surface area contributed by atoms with Crippen molar-refractivity contribution in [2.45, 2.75) is 13.0 Å². The molecule has 6 heteroatoms. The van der Waals surface area contributed by atoms with Crippen LogP contribution in [0.1, 0.15) is 24.2 Å². The van der Waals surface area contributed by atoms with E-state index in [4.69, 9.17) is 18.0 Å². The molecule has 17 heavy (non-hydrogen) atoms. The molecular weight excluding hydrogens is 252 g/mol. The molecule has 0 aliphatic carbocycles. The fourth-order valence-corrected chi connectivity index (χ4v) is 2.34. The van der Waals surface area contributed by atoms with E-state index in [1.807, 2.05) is 5.38 Å². The minimum Gasteiger partial charge on any atom is -0.388 e. The minimum absolute atomic E-state index is 0.144. The number of hydrogen-bond acceptors (Lipinski definition) is 5. The fourth-order valence-electron chi connectivity index (χ4n) is 1.43. The van der Waals surface area contributed by atoms with Crippen LogP contribution >= 0.6 is 23.6 Å². The van der Waals surface area contributed by atoms with Gasteiger partial charge in [0, 0.05) is 12.4 Å². The number of nitrogens with one attached hydrogen (secondary N) is 1. The first-order valence-electron chi connectivity index (χ1n) is 5.08. The zero-order valence-corrected chi connectivity index (χ0v) is 10.9. The Bertz CT molecular complexity index is 510. The Morgan fingerprint density at radius 2 is 2.24 bits per heavy atom. The van der Waals surface area contributed by atoms with E-state index < -0.39 is 0 Å². The van der Waals surface area contributed by atoms with Crippen LogP contribution in [0.3, 0.4) is 0 Å². The van der Waals surface area contributed by atoms with Gasteiger partial charge in [-0.2, -0.15) is 11.3 Å². The summed E-state index contributed by atoms with van der Waals surface area (Å²) >= 11 is 6.60. The van der Waals surface area contributed by atoms with Crippen molar-refractivity contribution in [2.75, 3.05) is 5.32 Å². The van der Waals surface area contributed by atoms with E-state index in [1.54, 1.807) is 23.7 Å². The van der Waals surface area contributed by atoms with Gasteiger partial charge in [0.2, 0.25) is 0 Å². The first-order valence-corrected chi connectivity index (χ1v) is 6.43. The van der Waals surface area contributed by atoms with E-state index in [-0.39, 0.29) is 11.0 Å². The SMILES string of the molecule is CC(Nc1nccnc1C(N)=S)c1ccsc1. The molecule has 2 rings (SSSR count). The number of thiocarbonyl (C=S) groups is 1. The lowest BCUT2D eigenvalue weighted by molar-refractivity contribution is 0.875. The topological polar surface area (TPSA) is 63.8 Å². The molecule has 3 N–H and O–H groups in total. The van der Waals surface area contributed by atoms with Crippen molar-refractivity contribution in [3.63, 3.8) is 0 Å². The van der Waals surface area contributed by atoms with Gasteiger partial charge in [0.1, 0.15) is 10.7 Å². The van der Waals surface area contributed by atoms with Gasteiger partial charge in [-0.25, -0.2) is 9.97 Å². The molecule has 0 aromatic carbocycles. The van der Waals surface area contributed by atoms with Crippen LogP contribution in [0.2, 0.25) is 0 Å². The van der Waals surface area contributed by atoms with Gasteiger partial charge in [-0.15, -0.1) is 0 Å². The number of aromatic nitrogens is 2. The van der Waals surface area contributed by atoms with Crippen LogP contribution in [0.25, 0.3) is 0 Å². The van der Waals surface area contributed by atoms with Crippen molar-refractivity contribution in [3.05, 3.63) is 40.5 Å². The van der Waals surface area contributed by atoms with Gasteiger partial charge in [-0.3, -0.25) is 0 Å². The van der Waals surface area contributed by atoms with Crippen molar-refractivity contribution < 1.29 is 0 Å². The third-order valence-electron chi connectivity index (χ3n) is 2.33. The van der Waals surface area contributed by atoms with E-state index >= 15 is 0 Å². The summed E-state index contributed by atoms with van der Waals surface area (Å²) in [7, 11) is 0. The van der Waals surface area contributed by atoms with Gasteiger partial charge in [0.05, 0.1) is 6.04 Å². The lowest BCUT2D eigenvalue weighted by Gasteiger charge is -2.14. The smallest absolute Gasteiger partial charge is 0.155 e. The maximum Gasteiger partial charge on any atom is 0.155 e. The molecule has 1 unspecified atom stereocenters. The maximum atomic E-state index is 5.60. The predicted octanol–water partition coefficient (Wildman–Crippen LogP) is 2.35. The molecule has 0 aliphatic rings. The van der Waals surface area contributed by atoms with E-state index in [0.29, 0.717) is 11.5 Å². The Labute approximate surface area is 109 Å². The maximum absolute atomic E-state index is 5.60. The van der Waals surface area contributed by atoms with Gasteiger partial charge < -0.3 is 11.1 Å². The summed E-state index contributed by atoms with van der Waals surface area (Å²) in [6.45, 7) is 2.06. The average molecular weight is 264 g/mol. The van der Waals surface area contributed by atoms with E-state index in [9.17, 15) is 0 Å². The number of thiophene rings is 1. The molecule has 0 aliphatic heterocycles. The summed E-state index contributed by atoms with van der Waals surface area (Å²) in [6.07, 6.45) is 3.19. The molecule has 2 aromatic heterocycles. The summed E-state index contributed by atoms with van der Waals surface area (Å²) in [5, 5.41) is 7.39. The fraction of sp³-hybridized carbons (Fsp3) is 0.182. The van der Waals surface area contributed by atoms with E-state index in [1.165, 1.54) is 5.56 Å². The Morgan fingerprint density at radius 1 is 1.47 bits per heavy atom. The highest BCUT2D eigenvalue weighted by Crippen LogP contribution is 2.21. The molecule has 0 saturated carbocycles. The molecule has 0 spiro atoms. The second-order valence-electron chi connectivity index (χ2n) is 3.54. The van der Waals surface area contributed by atoms with Gasteiger partial charge in [0.15, 0.2) is 5.82 Å². The molecular formula is C11H12N4S2. The summed E-state index contributed by atoms with van der Waals surface area (Å²) in [5.41, 5.74) is 7.34. The molecule has 0 saturated heterocycles. The summed E-state index contributed by atoms with van der Waals surface area (Å²) < 4.78 is 0. The number of rotatable bonds is 4. The molecule has 0 amide bonds. The third-order valence-corrected chi connectivity index (χ3v) is 3.22. The van der Waals surface area contributed by atoms with Crippen LogP contribution in [-0.4, -0.2) is 15.0 Å². The van der Waals surface area contributed by atoms with Crippen LogP contribution < -0.4 is 11.1 Å². The number of hydrogen-bond donors (Lipinski definition) is 2. The molecule has 88 valence electrons. The monoisotopic (exact) mass is 264 g/mol. The van der Waals surface area contributed by atoms with Crippen molar-refractivity contribution in [1.82, 2.24) is 9.97 Å². The van der Waals surface area contributed by atoms with Gasteiger partial charge in [0.25, 0.3) is 0 Å². The van der Waals surface area contributed by atoms with Crippen LogP contribution in [0.15, 0.2) is 29.2 Å². The largest absolute Gasteiger partial charge is 0.388 e. The second-order valence-corrected chi connectivity index (χ2v) is 4.76. The Hall–Kier alpha value is -1.53. The summed E-state index contributed by atoms with van der Waals surface area (Å²) in [5.74, 6) is 0.624. The summed E-state index contributed by atoms with van der Waals surface area (Å²) in [6, 6.07) is 2.21. The Kier molecular flexibility index (Phi) is 3.65. The average Bonchev–Trinajstić information content (AvgIpc) is 2.83. The lowest BCUT2D eigenvalue weighted by atomic mass is 10.2. The highest BCUT2D eigenvalue weighted by atomic mass is 32.1. The molecule has 2 heterocycles. The standard InChI is InChI=1S/C11H12N4S2/c1-7(8-2-5-17-6-8)15-11-9(10(12)16)13-3-4-14-11/h2-7H,1H3,(H2,12,16)(H,14,15). The van der Waals surface area contributed by atoms with Crippen LogP contribution in [-0.2, 0) is 0 Å². The normalized spacial score (nSPS) is 12.1. The summed E-state index contributed by atoms with van der Waals surface area (Å²) in [4.78, 5) is 8.58. The highest BCUT2D eigenvalue weighted by molar-refractivity contribution is 7.80. The number of anilines is 1. The predicted molar refractivity (Wildman–Crippen MR) is 74.3 cm³/mol. The zero-order valence-electron chi connectivity index (χ0n) is 9.25. The van der Waals surface area contributed by atoms with E-state index in [2.05, 4.69) is 33.7 Å². The first-order chi connectivity index (χ1) is 8.18. The van der Waals surface area contributed by atoms with E-state index in [0.717, 1.165) is 0 Å². The van der Waals surface area contributed by atoms with Gasteiger partial charge in [-0.1, -0.05) is 12.2 Å². The number of nitrogens with zero attached hydrogens (tertiary/aromatic N) is 2. The molecule has 1 atom stereocenters. The van der Waals surface area contributed by atoms with Crippen LogP contribution in [0.4, 0.5) is 5.82 Å². The highest BCUT2D eigenvalue weighted by Gasteiger charge is 2.11. The Morgan fingerprint density at radius 3 is 2.88 bits per heavy atom. The quantitative estimate of drug-likeness (QED) is 0.830. The Balaban J connectivity index is 2.21. The molecule has 0 bridgehead atoms. The molecule has 4 nitrogen and oxygen atoms in total. The van der Waals surface area contributed by atoms with Crippen molar-refractivity contribution in [2.24, 2.45) is 5.73 Å². The molecule has 2 aromatic rings. The van der Waals surface area contributed by atoms with Crippen LogP contribution in [0.5, 0.6) is 0 Å². The minimum atomic E-state index is 0.144. The third kappa shape index (κ3) is 2.78. The van der Waals surface area contributed by atoms with Crippen LogP contribution in [0, 0.1) is 0 Å². The number of nitrogens with two attached hydrogens (primary N) is 1. The zero-order chi connectivity index (χ0) is 12.3. The molecule has 0 radical (unpaired) electrons. The van der Waals surface area contributed by atoms with Crippen molar-refractivity contribution >= 4 is 34.4 Å².